The van der Waals surface area contributed by atoms with E-state index >= 15 is 0 Å². The van der Waals surface area contributed by atoms with Crippen LogP contribution in [-0.2, 0) is 0 Å². The Bertz CT molecular complexity index is 226. The summed E-state index contributed by atoms with van der Waals surface area (Å²) in [6.07, 6.45) is 12.5. The Morgan fingerprint density at radius 2 is 1.94 bits per heavy atom. The molecule has 0 aromatic rings. The fourth-order valence-electron chi connectivity index (χ4n) is 3.39. The first kappa shape index (κ1) is 15.8. The van der Waals surface area contributed by atoms with Crippen molar-refractivity contribution in [3.8, 4) is 0 Å². The molecule has 1 unspecified atom stereocenters. The largest absolute Gasteiger partial charge is 0.317 e. The SMILES string of the molecule is C=C(C)CCC(NC)C1CCC(CCCC)CC1. The number of rotatable bonds is 8. The highest BCUT2D eigenvalue weighted by molar-refractivity contribution is 4.91. The van der Waals surface area contributed by atoms with Crippen LogP contribution in [0.3, 0.4) is 0 Å². The number of hydrogen-bond acceptors (Lipinski definition) is 1. The third-order valence-corrected chi connectivity index (χ3v) is 4.68. The van der Waals surface area contributed by atoms with Crippen molar-refractivity contribution in [1.82, 2.24) is 5.32 Å². The van der Waals surface area contributed by atoms with Crippen molar-refractivity contribution in [3.63, 3.8) is 0 Å². The summed E-state index contributed by atoms with van der Waals surface area (Å²) in [4.78, 5) is 0. The number of hydrogen-bond donors (Lipinski definition) is 1. The van der Waals surface area contributed by atoms with Crippen LogP contribution in [0.4, 0.5) is 0 Å². The van der Waals surface area contributed by atoms with Gasteiger partial charge in [-0.1, -0.05) is 44.6 Å². The highest BCUT2D eigenvalue weighted by Gasteiger charge is 2.26. The maximum absolute atomic E-state index is 4.02. The van der Waals surface area contributed by atoms with E-state index < -0.39 is 0 Å². The maximum atomic E-state index is 4.02. The van der Waals surface area contributed by atoms with Gasteiger partial charge >= 0.3 is 0 Å². The second kappa shape index (κ2) is 8.74. The molecule has 18 heavy (non-hydrogen) atoms. The highest BCUT2D eigenvalue weighted by Crippen LogP contribution is 2.34. The van der Waals surface area contributed by atoms with Gasteiger partial charge in [0.05, 0.1) is 0 Å². The maximum Gasteiger partial charge on any atom is 0.00953 e. The second-order valence-electron chi connectivity index (χ2n) is 6.31. The summed E-state index contributed by atoms with van der Waals surface area (Å²) in [5.74, 6) is 1.94. The molecule has 0 amide bonds. The van der Waals surface area contributed by atoms with Crippen LogP contribution in [0.5, 0.6) is 0 Å². The number of allylic oxidation sites excluding steroid dienone is 1. The minimum absolute atomic E-state index is 0.717. The first-order chi connectivity index (χ1) is 8.67. The summed E-state index contributed by atoms with van der Waals surface area (Å²) in [6.45, 7) is 8.48. The van der Waals surface area contributed by atoms with Gasteiger partial charge in [-0.25, -0.2) is 0 Å². The van der Waals surface area contributed by atoms with Gasteiger partial charge in [0.25, 0.3) is 0 Å². The molecule has 0 aromatic heterocycles. The molecule has 1 N–H and O–H groups in total. The molecule has 0 bridgehead atoms. The molecule has 1 rings (SSSR count). The van der Waals surface area contributed by atoms with Crippen molar-refractivity contribution < 1.29 is 0 Å². The van der Waals surface area contributed by atoms with Crippen LogP contribution in [0.1, 0.15) is 71.6 Å². The van der Waals surface area contributed by atoms with Crippen LogP contribution in [0.25, 0.3) is 0 Å². The first-order valence-electron chi connectivity index (χ1n) is 7.99. The van der Waals surface area contributed by atoms with Crippen molar-refractivity contribution in [1.29, 1.82) is 0 Å². The van der Waals surface area contributed by atoms with Gasteiger partial charge in [-0.3, -0.25) is 0 Å². The van der Waals surface area contributed by atoms with E-state index in [4.69, 9.17) is 0 Å². The quantitative estimate of drug-likeness (QED) is 0.603. The van der Waals surface area contributed by atoms with Crippen molar-refractivity contribution in [2.45, 2.75) is 77.7 Å². The average Bonchev–Trinajstić information content (AvgIpc) is 2.38. The zero-order valence-electron chi connectivity index (χ0n) is 12.8. The molecule has 0 heterocycles. The summed E-state index contributed by atoms with van der Waals surface area (Å²) in [5, 5.41) is 3.54. The molecule has 1 heteroatoms. The molecular formula is C17H33N. The van der Waals surface area contributed by atoms with Gasteiger partial charge in [-0.15, -0.1) is 6.58 Å². The van der Waals surface area contributed by atoms with Crippen LogP contribution in [0.2, 0.25) is 0 Å². The van der Waals surface area contributed by atoms with E-state index in [0.717, 1.165) is 11.8 Å². The van der Waals surface area contributed by atoms with Gasteiger partial charge in [-0.2, -0.15) is 0 Å². The lowest BCUT2D eigenvalue weighted by molar-refractivity contribution is 0.211. The van der Waals surface area contributed by atoms with Crippen molar-refractivity contribution in [2.75, 3.05) is 7.05 Å². The molecule has 106 valence electrons. The zero-order chi connectivity index (χ0) is 13.4. The van der Waals surface area contributed by atoms with Gasteiger partial charge in [0.2, 0.25) is 0 Å². The molecule has 0 radical (unpaired) electrons. The normalized spacial score (nSPS) is 25.9. The molecule has 0 aromatic carbocycles. The predicted molar refractivity (Wildman–Crippen MR) is 81.9 cm³/mol. The highest BCUT2D eigenvalue weighted by atomic mass is 14.9. The summed E-state index contributed by atoms with van der Waals surface area (Å²) >= 11 is 0. The molecule has 1 saturated carbocycles. The van der Waals surface area contributed by atoms with Gasteiger partial charge in [0, 0.05) is 6.04 Å². The molecule has 1 aliphatic rings. The molecular weight excluding hydrogens is 218 g/mol. The van der Waals surface area contributed by atoms with Gasteiger partial charge < -0.3 is 5.32 Å². The van der Waals surface area contributed by atoms with E-state index in [2.05, 4.69) is 32.8 Å². The minimum atomic E-state index is 0.717. The molecule has 0 saturated heterocycles. The molecule has 0 aliphatic heterocycles. The fourth-order valence-corrected chi connectivity index (χ4v) is 3.39. The fraction of sp³-hybridized carbons (Fsp3) is 0.882. The monoisotopic (exact) mass is 251 g/mol. The number of unbranched alkanes of at least 4 members (excludes halogenated alkanes) is 1. The van der Waals surface area contributed by atoms with Crippen molar-refractivity contribution in [3.05, 3.63) is 12.2 Å². The van der Waals surface area contributed by atoms with E-state index in [9.17, 15) is 0 Å². The van der Waals surface area contributed by atoms with Crippen LogP contribution in [-0.4, -0.2) is 13.1 Å². The van der Waals surface area contributed by atoms with Gasteiger partial charge in [-0.05, 0) is 51.5 Å². The van der Waals surface area contributed by atoms with E-state index in [1.807, 2.05) is 0 Å². The molecule has 1 nitrogen and oxygen atoms in total. The lowest BCUT2D eigenvalue weighted by Crippen LogP contribution is -2.36. The minimum Gasteiger partial charge on any atom is -0.317 e. The topological polar surface area (TPSA) is 12.0 Å². The molecule has 1 atom stereocenters. The van der Waals surface area contributed by atoms with E-state index in [1.54, 1.807) is 0 Å². The first-order valence-corrected chi connectivity index (χ1v) is 7.99. The zero-order valence-corrected chi connectivity index (χ0v) is 12.8. The summed E-state index contributed by atoms with van der Waals surface area (Å²) in [7, 11) is 2.13. The van der Waals surface area contributed by atoms with E-state index in [1.165, 1.54) is 63.4 Å². The van der Waals surface area contributed by atoms with Gasteiger partial charge in [0.1, 0.15) is 0 Å². The van der Waals surface area contributed by atoms with Crippen molar-refractivity contribution >= 4 is 0 Å². The smallest absolute Gasteiger partial charge is 0.00953 e. The Morgan fingerprint density at radius 1 is 1.28 bits per heavy atom. The predicted octanol–water partition coefficient (Wildman–Crippen LogP) is 4.93. The average molecular weight is 251 g/mol. The standard InChI is InChI=1S/C17H33N/c1-5-6-7-15-9-11-16(12-10-15)17(18-4)13-8-14(2)3/h15-18H,2,5-13H2,1,3-4H3. The van der Waals surface area contributed by atoms with Crippen LogP contribution in [0, 0.1) is 11.8 Å². The summed E-state index contributed by atoms with van der Waals surface area (Å²) < 4.78 is 0. The third kappa shape index (κ3) is 5.56. The van der Waals surface area contributed by atoms with E-state index in [-0.39, 0.29) is 0 Å². The summed E-state index contributed by atoms with van der Waals surface area (Å²) in [6, 6.07) is 0.717. The van der Waals surface area contributed by atoms with Gasteiger partial charge in [0.15, 0.2) is 0 Å². The van der Waals surface area contributed by atoms with E-state index in [0.29, 0.717) is 6.04 Å². The van der Waals surface area contributed by atoms with Crippen LogP contribution < -0.4 is 5.32 Å². The Morgan fingerprint density at radius 3 is 2.44 bits per heavy atom. The van der Waals surface area contributed by atoms with Crippen LogP contribution >= 0.6 is 0 Å². The van der Waals surface area contributed by atoms with Crippen molar-refractivity contribution in [2.24, 2.45) is 11.8 Å². The lowest BCUT2D eigenvalue weighted by atomic mass is 9.76. The Balaban J connectivity index is 2.28. The Labute approximate surface area is 114 Å². The Hall–Kier alpha value is -0.300. The number of nitrogens with one attached hydrogen (secondary N) is 1. The van der Waals surface area contributed by atoms with Crippen LogP contribution in [0.15, 0.2) is 12.2 Å². The molecule has 1 aliphatic carbocycles. The molecule has 0 spiro atoms. The third-order valence-electron chi connectivity index (χ3n) is 4.68. The molecule has 1 fully saturated rings. The summed E-state index contributed by atoms with van der Waals surface area (Å²) in [5.41, 5.74) is 1.33. The lowest BCUT2D eigenvalue weighted by Gasteiger charge is -2.34. The Kier molecular flexibility index (Phi) is 7.65. The second-order valence-corrected chi connectivity index (χ2v) is 6.31.